The van der Waals surface area contributed by atoms with Crippen LogP contribution in [0.5, 0.6) is 0 Å². The number of halogens is 1. The van der Waals surface area contributed by atoms with Gasteiger partial charge < -0.3 is 9.73 Å². The zero-order valence-electron chi connectivity index (χ0n) is 9.07. The molecule has 0 aliphatic carbocycles. The van der Waals surface area contributed by atoms with Crippen LogP contribution < -0.4 is 5.32 Å². The van der Waals surface area contributed by atoms with Crippen molar-refractivity contribution < 1.29 is 4.42 Å². The van der Waals surface area contributed by atoms with Crippen LogP contribution >= 0.6 is 22.6 Å². The first-order chi connectivity index (χ1) is 7.70. The maximum atomic E-state index is 5.58. The van der Waals surface area contributed by atoms with Crippen LogP contribution in [0.1, 0.15) is 18.9 Å². The highest BCUT2D eigenvalue weighted by atomic mass is 127. The number of nitrogens with zero attached hydrogens (tertiary/aromatic N) is 2. The molecule has 5 heteroatoms. The lowest BCUT2D eigenvalue weighted by atomic mass is 10.2. The van der Waals surface area contributed by atoms with E-state index >= 15 is 0 Å². The van der Waals surface area contributed by atoms with Crippen LogP contribution in [0.4, 0.5) is 0 Å². The van der Waals surface area contributed by atoms with Gasteiger partial charge in [-0.3, -0.25) is 0 Å². The van der Waals surface area contributed by atoms with Gasteiger partial charge in [0.15, 0.2) is 0 Å². The van der Waals surface area contributed by atoms with Gasteiger partial charge in [0.05, 0.1) is 6.04 Å². The van der Waals surface area contributed by atoms with E-state index in [1.54, 1.807) is 0 Å². The number of benzene rings is 1. The molecule has 0 fully saturated rings. The monoisotopic (exact) mass is 329 g/mol. The minimum Gasteiger partial charge on any atom is -0.419 e. The summed E-state index contributed by atoms with van der Waals surface area (Å²) in [7, 11) is 1.86. The van der Waals surface area contributed by atoms with Crippen molar-refractivity contribution in [2.75, 3.05) is 7.05 Å². The molecule has 0 aliphatic rings. The van der Waals surface area contributed by atoms with E-state index < -0.39 is 0 Å². The molecule has 1 heterocycles. The van der Waals surface area contributed by atoms with Crippen LogP contribution in [0.25, 0.3) is 11.5 Å². The summed E-state index contributed by atoms with van der Waals surface area (Å²) in [6.07, 6.45) is 0. The molecule has 0 bridgehead atoms. The number of hydrogen-bond donors (Lipinski definition) is 1. The highest BCUT2D eigenvalue weighted by Crippen LogP contribution is 2.21. The number of aromatic nitrogens is 2. The van der Waals surface area contributed by atoms with Crippen molar-refractivity contribution in [1.82, 2.24) is 15.5 Å². The van der Waals surface area contributed by atoms with Crippen molar-refractivity contribution in [3.05, 3.63) is 33.7 Å². The minimum absolute atomic E-state index is 0.0742. The van der Waals surface area contributed by atoms with Crippen molar-refractivity contribution in [2.45, 2.75) is 13.0 Å². The van der Waals surface area contributed by atoms with Crippen molar-refractivity contribution in [2.24, 2.45) is 0 Å². The molecule has 0 amide bonds. The molecule has 16 heavy (non-hydrogen) atoms. The first-order valence-electron chi connectivity index (χ1n) is 4.97. The molecule has 1 N–H and O–H groups in total. The van der Waals surface area contributed by atoms with Gasteiger partial charge in [-0.1, -0.05) is 0 Å². The number of hydrogen-bond acceptors (Lipinski definition) is 4. The number of nitrogens with one attached hydrogen (secondary N) is 1. The summed E-state index contributed by atoms with van der Waals surface area (Å²) in [5.74, 6) is 1.17. The van der Waals surface area contributed by atoms with Gasteiger partial charge in [-0.05, 0) is 60.8 Å². The Morgan fingerprint density at radius 3 is 2.56 bits per heavy atom. The van der Waals surface area contributed by atoms with E-state index in [-0.39, 0.29) is 6.04 Å². The third-order valence-corrected chi connectivity index (χ3v) is 3.05. The fraction of sp³-hybridized carbons (Fsp3) is 0.273. The average molecular weight is 329 g/mol. The molecular formula is C11H12IN3O. The van der Waals surface area contributed by atoms with E-state index in [2.05, 4.69) is 38.1 Å². The van der Waals surface area contributed by atoms with E-state index in [4.69, 9.17) is 4.42 Å². The zero-order valence-corrected chi connectivity index (χ0v) is 11.2. The predicted molar refractivity (Wildman–Crippen MR) is 69.9 cm³/mol. The molecule has 1 aromatic heterocycles. The normalized spacial score (nSPS) is 12.7. The molecule has 0 saturated heterocycles. The Bertz CT molecular complexity index is 466. The molecule has 1 atom stereocenters. The van der Waals surface area contributed by atoms with Crippen LogP contribution in [-0.2, 0) is 0 Å². The molecule has 0 aliphatic heterocycles. The lowest BCUT2D eigenvalue weighted by molar-refractivity contribution is 0.441. The Kier molecular flexibility index (Phi) is 3.55. The molecule has 0 saturated carbocycles. The molecule has 2 aromatic rings. The molecule has 1 aromatic carbocycles. The summed E-state index contributed by atoms with van der Waals surface area (Å²) in [6, 6.07) is 8.06. The Labute approximate surface area is 108 Å². The standard InChI is InChI=1S/C11H12IN3O/c1-7(13-2)10-14-15-11(16-10)8-3-5-9(12)6-4-8/h3-7,13H,1-2H3. The average Bonchev–Trinajstić information content (AvgIpc) is 2.78. The zero-order chi connectivity index (χ0) is 11.5. The Morgan fingerprint density at radius 1 is 1.25 bits per heavy atom. The summed E-state index contributed by atoms with van der Waals surface area (Å²) in [5.41, 5.74) is 0.947. The van der Waals surface area contributed by atoms with Gasteiger partial charge >= 0.3 is 0 Å². The summed E-state index contributed by atoms with van der Waals surface area (Å²) in [4.78, 5) is 0. The fourth-order valence-electron chi connectivity index (χ4n) is 1.24. The van der Waals surface area contributed by atoms with Crippen LogP contribution in [0.3, 0.4) is 0 Å². The Balaban J connectivity index is 2.28. The quantitative estimate of drug-likeness (QED) is 0.880. The van der Waals surface area contributed by atoms with Gasteiger partial charge in [0.25, 0.3) is 0 Å². The first kappa shape index (κ1) is 11.5. The number of rotatable bonds is 3. The highest BCUT2D eigenvalue weighted by Gasteiger charge is 2.12. The highest BCUT2D eigenvalue weighted by molar-refractivity contribution is 14.1. The summed E-state index contributed by atoms with van der Waals surface area (Å²) < 4.78 is 6.76. The molecule has 0 radical (unpaired) electrons. The van der Waals surface area contributed by atoms with Crippen LogP contribution in [0.15, 0.2) is 28.7 Å². The molecule has 84 valence electrons. The van der Waals surface area contributed by atoms with Crippen LogP contribution in [-0.4, -0.2) is 17.2 Å². The van der Waals surface area contributed by atoms with Gasteiger partial charge in [0, 0.05) is 9.13 Å². The topological polar surface area (TPSA) is 51.0 Å². The van der Waals surface area contributed by atoms with Gasteiger partial charge in [-0.15, -0.1) is 10.2 Å². The van der Waals surface area contributed by atoms with E-state index in [0.717, 1.165) is 5.56 Å². The molecule has 2 rings (SSSR count). The predicted octanol–water partition coefficient (Wildman–Crippen LogP) is 2.62. The Morgan fingerprint density at radius 2 is 1.94 bits per heavy atom. The summed E-state index contributed by atoms with van der Waals surface area (Å²) >= 11 is 2.26. The third kappa shape index (κ3) is 2.41. The fourth-order valence-corrected chi connectivity index (χ4v) is 1.60. The maximum Gasteiger partial charge on any atom is 0.247 e. The van der Waals surface area contributed by atoms with Gasteiger partial charge in [-0.2, -0.15) is 0 Å². The first-order valence-corrected chi connectivity index (χ1v) is 6.05. The lowest BCUT2D eigenvalue weighted by Gasteiger charge is -2.02. The second kappa shape index (κ2) is 4.92. The smallest absolute Gasteiger partial charge is 0.247 e. The summed E-state index contributed by atoms with van der Waals surface area (Å²) in [6.45, 7) is 1.98. The SMILES string of the molecule is CNC(C)c1nnc(-c2ccc(I)cc2)o1. The molecule has 4 nitrogen and oxygen atoms in total. The second-order valence-corrected chi connectivity index (χ2v) is 4.71. The van der Waals surface area contributed by atoms with Gasteiger partial charge in [0.2, 0.25) is 11.8 Å². The second-order valence-electron chi connectivity index (χ2n) is 3.46. The largest absolute Gasteiger partial charge is 0.419 e. The maximum absolute atomic E-state index is 5.58. The summed E-state index contributed by atoms with van der Waals surface area (Å²) in [5, 5.41) is 11.1. The van der Waals surface area contributed by atoms with Crippen molar-refractivity contribution in [1.29, 1.82) is 0 Å². The van der Waals surface area contributed by atoms with Gasteiger partial charge in [-0.25, -0.2) is 0 Å². The van der Waals surface area contributed by atoms with E-state index in [1.807, 2.05) is 38.2 Å². The van der Waals surface area contributed by atoms with Crippen LogP contribution in [0, 0.1) is 3.57 Å². The van der Waals surface area contributed by atoms with Gasteiger partial charge in [0.1, 0.15) is 0 Å². The molecule has 0 spiro atoms. The van der Waals surface area contributed by atoms with Crippen molar-refractivity contribution >= 4 is 22.6 Å². The lowest BCUT2D eigenvalue weighted by Crippen LogP contribution is -2.12. The molecule has 1 unspecified atom stereocenters. The minimum atomic E-state index is 0.0742. The van der Waals surface area contributed by atoms with E-state index in [1.165, 1.54) is 3.57 Å². The Hall–Kier alpha value is -0.950. The van der Waals surface area contributed by atoms with Crippen molar-refractivity contribution in [3.63, 3.8) is 0 Å². The van der Waals surface area contributed by atoms with Crippen LogP contribution in [0.2, 0.25) is 0 Å². The van der Waals surface area contributed by atoms with Crippen molar-refractivity contribution in [3.8, 4) is 11.5 Å². The van der Waals surface area contributed by atoms with E-state index in [9.17, 15) is 0 Å². The molecular weight excluding hydrogens is 317 g/mol. The van der Waals surface area contributed by atoms with E-state index in [0.29, 0.717) is 11.8 Å². The third-order valence-electron chi connectivity index (χ3n) is 2.34.